The van der Waals surface area contributed by atoms with Gasteiger partial charge < -0.3 is 5.32 Å². The number of para-hydroxylation sites is 2. The fraction of sp³-hybridized carbons (Fsp3) is 0.211. The lowest BCUT2D eigenvalue weighted by Gasteiger charge is -2.14. The molecule has 28 heavy (non-hydrogen) atoms. The maximum atomic E-state index is 12.6. The molecular weight excluding hydrogens is 391 g/mol. The van der Waals surface area contributed by atoms with E-state index in [-0.39, 0.29) is 17.8 Å². The van der Waals surface area contributed by atoms with Crippen molar-refractivity contribution < 1.29 is 18.0 Å². The Balaban J connectivity index is 1.80. The highest BCUT2D eigenvalue weighted by Gasteiger charge is 2.27. The van der Waals surface area contributed by atoms with Crippen LogP contribution in [0.4, 0.5) is 18.9 Å². The molecule has 0 radical (unpaired) electrons. The van der Waals surface area contributed by atoms with Gasteiger partial charge in [0.1, 0.15) is 12.4 Å². The number of halogens is 3. The number of carbonyl (C=O) groups excluding carboxylic acids is 1. The Hall–Kier alpha value is -2.81. The van der Waals surface area contributed by atoms with E-state index < -0.39 is 17.8 Å². The Bertz CT molecular complexity index is 1080. The van der Waals surface area contributed by atoms with E-state index in [1.54, 1.807) is 43.3 Å². The molecule has 1 aromatic heterocycles. The summed E-state index contributed by atoms with van der Waals surface area (Å²) in [4.78, 5) is 29.7. The van der Waals surface area contributed by atoms with Crippen molar-refractivity contribution >= 4 is 34.3 Å². The topological polar surface area (TPSA) is 64.0 Å². The number of thioether (sulfide) groups is 1. The summed E-state index contributed by atoms with van der Waals surface area (Å²) in [7, 11) is 0. The van der Waals surface area contributed by atoms with Gasteiger partial charge in [-0.15, -0.1) is 11.8 Å². The number of anilines is 1. The molecule has 1 heterocycles. The van der Waals surface area contributed by atoms with Crippen LogP contribution in [0.1, 0.15) is 5.82 Å². The second-order valence-electron chi connectivity index (χ2n) is 6.02. The lowest BCUT2D eigenvalue weighted by molar-refractivity contribution is -0.116. The summed E-state index contributed by atoms with van der Waals surface area (Å²) < 4.78 is 38.7. The van der Waals surface area contributed by atoms with E-state index in [0.717, 1.165) is 0 Å². The van der Waals surface area contributed by atoms with Crippen molar-refractivity contribution in [2.24, 2.45) is 0 Å². The van der Waals surface area contributed by atoms with E-state index in [9.17, 15) is 22.8 Å². The molecule has 0 unspecified atom stereocenters. The Kier molecular flexibility index (Phi) is 5.73. The largest absolute Gasteiger partial charge is 0.398 e. The van der Waals surface area contributed by atoms with E-state index in [2.05, 4.69) is 10.3 Å². The van der Waals surface area contributed by atoms with Gasteiger partial charge in [-0.1, -0.05) is 24.3 Å². The predicted octanol–water partition coefficient (Wildman–Crippen LogP) is 4.00. The van der Waals surface area contributed by atoms with Gasteiger partial charge in [-0.3, -0.25) is 14.2 Å². The van der Waals surface area contributed by atoms with Crippen LogP contribution in [0.25, 0.3) is 10.9 Å². The normalized spacial score (nSPS) is 11.6. The van der Waals surface area contributed by atoms with Crippen LogP contribution in [0.2, 0.25) is 0 Å². The maximum absolute atomic E-state index is 12.6. The molecule has 0 aliphatic carbocycles. The third-order valence-corrected chi connectivity index (χ3v) is 5.05. The first-order valence-electron chi connectivity index (χ1n) is 8.29. The molecule has 3 aromatic rings. The zero-order valence-corrected chi connectivity index (χ0v) is 15.6. The van der Waals surface area contributed by atoms with Crippen molar-refractivity contribution in [2.75, 3.05) is 11.1 Å². The fourth-order valence-electron chi connectivity index (χ4n) is 2.65. The van der Waals surface area contributed by atoms with Gasteiger partial charge in [0.05, 0.1) is 22.3 Å². The first-order valence-corrected chi connectivity index (χ1v) is 9.28. The molecule has 1 amide bonds. The average Bonchev–Trinajstić information content (AvgIpc) is 2.64. The van der Waals surface area contributed by atoms with Gasteiger partial charge >= 0.3 is 6.18 Å². The number of benzene rings is 2. The highest BCUT2D eigenvalue weighted by Crippen LogP contribution is 2.32. The van der Waals surface area contributed by atoms with E-state index in [0.29, 0.717) is 33.4 Å². The molecule has 0 atom stereocenters. The zero-order valence-electron chi connectivity index (χ0n) is 14.8. The molecular formula is C19H16F3N3O2S. The van der Waals surface area contributed by atoms with E-state index in [4.69, 9.17) is 0 Å². The number of fused-ring (bicyclic) bond motifs is 1. The number of carbonyl (C=O) groups is 1. The molecule has 2 aromatic carbocycles. The summed E-state index contributed by atoms with van der Waals surface area (Å²) in [5.41, 5.74) is 0.453. The van der Waals surface area contributed by atoms with Gasteiger partial charge in [0.25, 0.3) is 5.56 Å². The minimum Gasteiger partial charge on any atom is -0.324 e. The highest BCUT2D eigenvalue weighted by molar-refractivity contribution is 7.99. The Morgan fingerprint density at radius 3 is 2.57 bits per heavy atom. The molecule has 0 bridgehead atoms. The highest BCUT2D eigenvalue weighted by atomic mass is 32.2. The summed E-state index contributed by atoms with van der Waals surface area (Å²) in [5, 5.41) is 2.97. The summed E-state index contributed by atoms with van der Waals surface area (Å²) >= 11 is 0.590. The third kappa shape index (κ3) is 4.72. The number of rotatable bonds is 5. The van der Waals surface area contributed by atoms with Gasteiger partial charge in [-0.25, -0.2) is 4.98 Å². The number of alkyl halides is 3. The van der Waals surface area contributed by atoms with E-state index in [1.807, 2.05) is 0 Å². The number of nitrogens with zero attached hydrogens (tertiary/aromatic N) is 2. The lowest BCUT2D eigenvalue weighted by Crippen LogP contribution is -2.30. The lowest BCUT2D eigenvalue weighted by atomic mass is 10.2. The van der Waals surface area contributed by atoms with E-state index >= 15 is 0 Å². The van der Waals surface area contributed by atoms with Crippen LogP contribution in [-0.4, -0.2) is 27.4 Å². The van der Waals surface area contributed by atoms with Crippen LogP contribution in [0, 0.1) is 6.92 Å². The monoisotopic (exact) mass is 407 g/mol. The average molecular weight is 407 g/mol. The fourth-order valence-corrected chi connectivity index (χ4v) is 3.42. The zero-order chi connectivity index (χ0) is 20.3. The van der Waals surface area contributed by atoms with Crippen molar-refractivity contribution in [1.82, 2.24) is 9.55 Å². The summed E-state index contributed by atoms with van der Waals surface area (Å²) in [6.45, 7) is 1.33. The standard InChI is InChI=1S/C19H16F3N3O2S/c1-12-23-14-7-3-2-6-13(14)18(27)25(12)10-17(26)24-15-8-4-5-9-16(15)28-11-19(20,21)22/h2-9H,10-11H2,1H3,(H,24,26). The number of hydrogen-bond donors (Lipinski definition) is 1. The molecule has 5 nitrogen and oxygen atoms in total. The van der Waals surface area contributed by atoms with Crippen LogP contribution < -0.4 is 10.9 Å². The van der Waals surface area contributed by atoms with Crippen molar-refractivity contribution in [1.29, 1.82) is 0 Å². The van der Waals surface area contributed by atoms with Crippen LogP contribution in [0.15, 0.2) is 58.2 Å². The Labute approximate surface area is 162 Å². The molecule has 0 saturated carbocycles. The maximum Gasteiger partial charge on any atom is 0.398 e. The first-order chi connectivity index (χ1) is 13.2. The third-order valence-electron chi connectivity index (χ3n) is 3.91. The van der Waals surface area contributed by atoms with Crippen molar-refractivity contribution in [2.45, 2.75) is 24.5 Å². The van der Waals surface area contributed by atoms with Crippen LogP contribution in [0.3, 0.4) is 0 Å². The van der Waals surface area contributed by atoms with Crippen LogP contribution in [-0.2, 0) is 11.3 Å². The SMILES string of the molecule is Cc1nc2ccccc2c(=O)n1CC(=O)Nc1ccccc1SCC(F)(F)F. The number of hydrogen-bond acceptors (Lipinski definition) is 4. The number of aryl methyl sites for hydroxylation is 1. The van der Waals surface area contributed by atoms with Crippen molar-refractivity contribution in [3.8, 4) is 0 Å². The predicted molar refractivity (Wildman–Crippen MR) is 103 cm³/mol. The van der Waals surface area contributed by atoms with Gasteiger partial charge in [0, 0.05) is 4.90 Å². The molecule has 146 valence electrons. The quantitative estimate of drug-likeness (QED) is 0.650. The van der Waals surface area contributed by atoms with Crippen molar-refractivity contribution in [3.05, 3.63) is 64.7 Å². The minimum atomic E-state index is -4.32. The van der Waals surface area contributed by atoms with Gasteiger partial charge in [0.15, 0.2) is 0 Å². The van der Waals surface area contributed by atoms with Gasteiger partial charge in [0.2, 0.25) is 5.91 Å². The molecule has 1 N–H and O–H groups in total. The van der Waals surface area contributed by atoms with Gasteiger partial charge in [-0.05, 0) is 31.2 Å². The number of aromatic nitrogens is 2. The first kappa shape index (κ1) is 19.9. The molecule has 0 aliphatic heterocycles. The van der Waals surface area contributed by atoms with E-state index in [1.165, 1.54) is 16.7 Å². The Morgan fingerprint density at radius 1 is 1.14 bits per heavy atom. The van der Waals surface area contributed by atoms with Crippen molar-refractivity contribution in [3.63, 3.8) is 0 Å². The summed E-state index contributed by atoms with van der Waals surface area (Å²) in [6.07, 6.45) is -4.32. The summed E-state index contributed by atoms with van der Waals surface area (Å²) in [5.74, 6) is -1.21. The second-order valence-corrected chi connectivity index (χ2v) is 7.03. The van der Waals surface area contributed by atoms with Crippen LogP contribution in [0.5, 0.6) is 0 Å². The molecule has 0 aliphatic rings. The molecule has 0 spiro atoms. The second kappa shape index (κ2) is 8.05. The summed E-state index contributed by atoms with van der Waals surface area (Å²) in [6, 6.07) is 13.0. The van der Waals surface area contributed by atoms with Crippen LogP contribution >= 0.6 is 11.8 Å². The molecule has 9 heteroatoms. The number of amides is 1. The Morgan fingerprint density at radius 2 is 1.82 bits per heavy atom. The van der Waals surface area contributed by atoms with Gasteiger partial charge in [-0.2, -0.15) is 13.2 Å². The molecule has 0 saturated heterocycles. The molecule has 0 fully saturated rings. The minimum absolute atomic E-state index is 0.265. The number of nitrogens with one attached hydrogen (secondary N) is 1. The molecule has 3 rings (SSSR count). The smallest absolute Gasteiger partial charge is 0.324 e.